The van der Waals surface area contributed by atoms with Gasteiger partial charge >= 0.3 is 0 Å². The van der Waals surface area contributed by atoms with Crippen LogP contribution < -0.4 is 0 Å². The molecule has 0 aliphatic rings. The van der Waals surface area contributed by atoms with E-state index in [2.05, 4.69) is 56.5 Å². The number of rotatable bonds is 2. The summed E-state index contributed by atoms with van der Waals surface area (Å²) in [6, 6.07) is 4.78. The lowest BCUT2D eigenvalue weighted by Crippen LogP contribution is -2.05. The molecule has 0 radical (unpaired) electrons. The molecule has 0 saturated carbocycles. The molecule has 0 bridgehead atoms. The van der Waals surface area contributed by atoms with Crippen molar-refractivity contribution in [3.63, 3.8) is 0 Å². The van der Waals surface area contributed by atoms with E-state index in [1.54, 1.807) is 0 Å². The quantitative estimate of drug-likeness (QED) is 0.740. The maximum atomic E-state index is 4.50. The van der Waals surface area contributed by atoms with E-state index >= 15 is 0 Å². The monoisotopic (exact) mass is 216 g/mol. The maximum absolute atomic E-state index is 4.50. The second-order valence-corrected chi connectivity index (χ2v) is 5.07. The Balaban J connectivity index is 2.82. The molecule has 2 heteroatoms. The Morgan fingerprint density at radius 1 is 1.12 bits per heavy atom. The zero-order valence-corrected chi connectivity index (χ0v) is 10.8. The summed E-state index contributed by atoms with van der Waals surface area (Å²) in [5, 5.41) is 5.75. The van der Waals surface area contributed by atoms with Crippen LogP contribution in [0.15, 0.2) is 18.3 Å². The molecule has 2 rings (SSSR count). The Kier molecular flexibility index (Phi) is 2.75. The van der Waals surface area contributed by atoms with Gasteiger partial charge in [0.05, 0.1) is 11.7 Å². The van der Waals surface area contributed by atoms with Gasteiger partial charge < -0.3 is 0 Å². The summed E-state index contributed by atoms with van der Waals surface area (Å²) in [5.74, 6) is 0.540. The molecule has 0 saturated heterocycles. The summed E-state index contributed by atoms with van der Waals surface area (Å²) in [7, 11) is 0. The van der Waals surface area contributed by atoms with Gasteiger partial charge in [-0.1, -0.05) is 26.0 Å². The molecule has 0 spiro atoms. The van der Waals surface area contributed by atoms with Gasteiger partial charge in [-0.05, 0) is 37.8 Å². The molecule has 0 fully saturated rings. The molecule has 1 aromatic heterocycles. The van der Waals surface area contributed by atoms with Crippen LogP contribution in [-0.4, -0.2) is 9.78 Å². The Morgan fingerprint density at radius 3 is 2.38 bits per heavy atom. The van der Waals surface area contributed by atoms with Crippen LogP contribution in [0.2, 0.25) is 0 Å². The number of aromatic nitrogens is 2. The lowest BCUT2D eigenvalue weighted by atomic mass is 9.95. The smallest absolute Gasteiger partial charge is 0.0722 e. The first-order valence-electron chi connectivity index (χ1n) is 5.99. The van der Waals surface area contributed by atoms with Crippen molar-refractivity contribution in [3.05, 3.63) is 29.5 Å². The fourth-order valence-corrected chi connectivity index (χ4v) is 2.39. The molecule has 1 heterocycles. The molecule has 0 atom stereocenters. The third-order valence-corrected chi connectivity index (χ3v) is 3.08. The number of aryl methyl sites for hydroxylation is 1. The van der Waals surface area contributed by atoms with Crippen LogP contribution >= 0.6 is 0 Å². The van der Waals surface area contributed by atoms with Crippen molar-refractivity contribution >= 4 is 10.9 Å². The SMILES string of the molecule is Cc1ccc2cnn(C(C)C)c2c1C(C)C. The first-order valence-corrected chi connectivity index (χ1v) is 5.99. The fourth-order valence-electron chi connectivity index (χ4n) is 2.39. The summed E-state index contributed by atoms with van der Waals surface area (Å²) in [6.07, 6.45) is 1.97. The zero-order valence-electron chi connectivity index (χ0n) is 10.8. The van der Waals surface area contributed by atoms with Gasteiger partial charge in [-0.25, -0.2) is 0 Å². The standard InChI is InChI=1S/C14H20N2/c1-9(2)13-11(5)6-7-12-8-15-16(10(3)4)14(12)13/h6-10H,1-5H3. The minimum Gasteiger partial charge on any atom is -0.262 e. The largest absolute Gasteiger partial charge is 0.262 e. The first-order chi connectivity index (χ1) is 7.52. The van der Waals surface area contributed by atoms with E-state index in [1.807, 2.05) is 6.20 Å². The van der Waals surface area contributed by atoms with Crippen LogP contribution in [0.1, 0.15) is 50.8 Å². The van der Waals surface area contributed by atoms with Gasteiger partial charge in [0.15, 0.2) is 0 Å². The van der Waals surface area contributed by atoms with E-state index in [9.17, 15) is 0 Å². The maximum Gasteiger partial charge on any atom is 0.0722 e. The minimum absolute atomic E-state index is 0.414. The highest BCUT2D eigenvalue weighted by atomic mass is 15.3. The first kappa shape index (κ1) is 11.2. The Hall–Kier alpha value is -1.31. The highest BCUT2D eigenvalue weighted by molar-refractivity contribution is 5.83. The van der Waals surface area contributed by atoms with E-state index in [4.69, 9.17) is 0 Å². The van der Waals surface area contributed by atoms with Crippen molar-refractivity contribution in [1.82, 2.24) is 9.78 Å². The summed E-state index contributed by atoms with van der Waals surface area (Å²) in [5.41, 5.74) is 4.11. The van der Waals surface area contributed by atoms with Crippen LogP contribution in [0, 0.1) is 6.92 Å². The predicted molar refractivity (Wildman–Crippen MR) is 68.9 cm³/mol. The van der Waals surface area contributed by atoms with Gasteiger partial charge in [0.1, 0.15) is 0 Å². The lowest BCUT2D eigenvalue weighted by molar-refractivity contribution is 0.548. The molecule has 0 aliphatic carbocycles. The third-order valence-electron chi connectivity index (χ3n) is 3.08. The van der Waals surface area contributed by atoms with Gasteiger partial charge in [0.25, 0.3) is 0 Å². The normalized spacial score (nSPS) is 11.9. The highest BCUT2D eigenvalue weighted by Gasteiger charge is 2.14. The van der Waals surface area contributed by atoms with E-state index in [0.29, 0.717) is 12.0 Å². The van der Waals surface area contributed by atoms with Crippen molar-refractivity contribution in [2.45, 2.75) is 46.6 Å². The number of fused-ring (bicyclic) bond motifs is 1. The second-order valence-electron chi connectivity index (χ2n) is 5.07. The minimum atomic E-state index is 0.414. The average molecular weight is 216 g/mol. The molecular weight excluding hydrogens is 196 g/mol. The van der Waals surface area contributed by atoms with Crippen LogP contribution in [0.3, 0.4) is 0 Å². The van der Waals surface area contributed by atoms with E-state index in [-0.39, 0.29) is 0 Å². The average Bonchev–Trinajstić information content (AvgIpc) is 2.60. The summed E-state index contributed by atoms with van der Waals surface area (Å²) >= 11 is 0. The highest BCUT2D eigenvalue weighted by Crippen LogP contribution is 2.30. The zero-order chi connectivity index (χ0) is 11.9. The molecule has 0 unspecified atom stereocenters. The molecule has 86 valence electrons. The second kappa shape index (κ2) is 3.93. The van der Waals surface area contributed by atoms with Crippen LogP contribution in [0.25, 0.3) is 10.9 Å². The topological polar surface area (TPSA) is 17.8 Å². The Labute approximate surface area is 97.3 Å². The number of hydrogen-bond acceptors (Lipinski definition) is 1. The summed E-state index contributed by atoms with van der Waals surface area (Å²) in [6.45, 7) is 11.0. The van der Waals surface area contributed by atoms with Crippen molar-refractivity contribution in [1.29, 1.82) is 0 Å². The molecule has 1 aromatic carbocycles. The Morgan fingerprint density at radius 2 is 1.81 bits per heavy atom. The predicted octanol–water partition coefficient (Wildman–Crippen LogP) is 4.05. The van der Waals surface area contributed by atoms with E-state index in [0.717, 1.165) is 0 Å². The van der Waals surface area contributed by atoms with E-state index < -0.39 is 0 Å². The number of benzene rings is 1. The summed E-state index contributed by atoms with van der Waals surface area (Å²) < 4.78 is 2.14. The van der Waals surface area contributed by atoms with Gasteiger partial charge in [0, 0.05) is 11.4 Å². The van der Waals surface area contributed by atoms with Crippen LogP contribution in [0.4, 0.5) is 0 Å². The molecular formula is C14H20N2. The molecule has 2 aromatic rings. The van der Waals surface area contributed by atoms with Crippen molar-refractivity contribution in [3.8, 4) is 0 Å². The molecule has 0 amide bonds. The van der Waals surface area contributed by atoms with Crippen molar-refractivity contribution < 1.29 is 0 Å². The number of nitrogens with zero attached hydrogens (tertiary/aromatic N) is 2. The summed E-state index contributed by atoms with van der Waals surface area (Å²) in [4.78, 5) is 0. The van der Waals surface area contributed by atoms with Gasteiger partial charge in [-0.2, -0.15) is 5.10 Å². The van der Waals surface area contributed by atoms with Gasteiger partial charge in [-0.15, -0.1) is 0 Å². The molecule has 2 nitrogen and oxygen atoms in total. The third kappa shape index (κ3) is 1.62. The molecule has 16 heavy (non-hydrogen) atoms. The molecule has 0 aliphatic heterocycles. The fraction of sp³-hybridized carbons (Fsp3) is 0.500. The van der Waals surface area contributed by atoms with E-state index in [1.165, 1.54) is 22.0 Å². The van der Waals surface area contributed by atoms with Crippen molar-refractivity contribution in [2.24, 2.45) is 0 Å². The van der Waals surface area contributed by atoms with Crippen LogP contribution in [0.5, 0.6) is 0 Å². The Bertz CT molecular complexity index is 507. The van der Waals surface area contributed by atoms with Gasteiger partial charge in [0.2, 0.25) is 0 Å². The molecule has 0 N–H and O–H groups in total. The number of hydrogen-bond donors (Lipinski definition) is 0. The van der Waals surface area contributed by atoms with Crippen LogP contribution in [-0.2, 0) is 0 Å². The lowest BCUT2D eigenvalue weighted by Gasteiger charge is -2.15. The van der Waals surface area contributed by atoms with Gasteiger partial charge in [-0.3, -0.25) is 4.68 Å². The van der Waals surface area contributed by atoms with Crippen molar-refractivity contribution in [2.75, 3.05) is 0 Å².